The molecule has 0 aliphatic heterocycles. The van der Waals surface area contributed by atoms with E-state index in [1.165, 1.54) is 0 Å². The average molecular weight is 267 g/mol. The van der Waals surface area contributed by atoms with E-state index in [1.807, 2.05) is 54.6 Å². The van der Waals surface area contributed by atoms with Crippen molar-refractivity contribution in [1.29, 1.82) is 0 Å². The molecule has 0 bridgehead atoms. The molecule has 0 aliphatic rings. The smallest absolute Gasteiger partial charge is 0.140 e. The molecule has 0 heterocycles. The lowest BCUT2D eigenvalue weighted by molar-refractivity contribution is 0.238. The highest BCUT2D eigenvalue weighted by Crippen LogP contribution is 2.15. The van der Waals surface area contributed by atoms with E-state index in [-0.39, 0.29) is 6.61 Å². The van der Waals surface area contributed by atoms with Gasteiger partial charge in [0.05, 0.1) is 6.61 Å². The van der Waals surface area contributed by atoms with Crippen molar-refractivity contribution in [1.82, 2.24) is 0 Å². The zero-order chi connectivity index (χ0) is 14.2. The Labute approximate surface area is 118 Å². The molecule has 0 spiro atoms. The van der Waals surface area contributed by atoms with Crippen molar-refractivity contribution in [3.8, 4) is 11.8 Å². The number of aliphatic hydroxyl groups is 2. The number of benzene rings is 2. The molecule has 0 amide bonds. The van der Waals surface area contributed by atoms with Crippen LogP contribution in [0.4, 0.5) is 5.69 Å². The predicted octanol–water partition coefficient (Wildman–Crippen LogP) is 2.18. The maximum Gasteiger partial charge on any atom is 0.140 e. The second-order valence-corrected chi connectivity index (χ2v) is 4.28. The number of anilines is 1. The zero-order valence-electron chi connectivity index (χ0n) is 11.1. The van der Waals surface area contributed by atoms with E-state index in [1.54, 1.807) is 0 Å². The number of hydrogen-bond donors (Lipinski definition) is 3. The normalized spacial score (nSPS) is 11.3. The van der Waals surface area contributed by atoms with Crippen molar-refractivity contribution in [2.24, 2.45) is 0 Å². The summed E-state index contributed by atoms with van der Waals surface area (Å²) in [5.41, 5.74) is 2.44. The Balaban J connectivity index is 2.16. The van der Waals surface area contributed by atoms with Crippen molar-refractivity contribution in [2.45, 2.75) is 6.10 Å². The Kier molecular flexibility index (Phi) is 5.19. The van der Waals surface area contributed by atoms with Gasteiger partial charge in [-0.2, -0.15) is 0 Å². The Bertz CT molecular complexity index is 599. The molecule has 3 N–H and O–H groups in total. The SMILES string of the molecule is OCCNc1ccccc1C#CC(O)c1ccccc1. The number of nitrogens with one attached hydrogen (secondary N) is 1. The summed E-state index contributed by atoms with van der Waals surface area (Å²) in [6.45, 7) is 0.536. The van der Waals surface area contributed by atoms with E-state index in [4.69, 9.17) is 5.11 Å². The molecule has 0 radical (unpaired) electrons. The molecule has 2 aromatic rings. The van der Waals surface area contributed by atoms with Gasteiger partial charge < -0.3 is 15.5 Å². The molecule has 1 unspecified atom stereocenters. The van der Waals surface area contributed by atoms with Crippen LogP contribution in [0.15, 0.2) is 54.6 Å². The summed E-state index contributed by atoms with van der Waals surface area (Å²) in [5.74, 6) is 5.81. The summed E-state index contributed by atoms with van der Waals surface area (Å²) < 4.78 is 0. The van der Waals surface area contributed by atoms with E-state index in [2.05, 4.69) is 17.2 Å². The lowest BCUT2D eigenvalue weighted by Crippen LogP contribution is -2.06. The van der Waals surface area contributed by atoms with Gasteiger partial charge in [-0.05, 0) is 17.7 Å². The summed E-state index contributed by atoms with van der Waals surface area (Å²) in [5, 5.41) is 22.0. The molecule has 0 aliphatic carbocycles. The first-order valence-corrected chi connectivity index (χ1v) is 6.49. The highest BCUT2D eigenvalue weighted by molar-refractivity contribution is 5.59. The third-order valence-electron chi connectivity index (χ3n) is 2.81. The first-order chi connectivity index (χ1) is 9.81. The number of aliphatic hydroxyl groups excluding tert-OH is 2. The molecule has 102 valence electrons. The van der Waals surface area contributed by atoms with Gasteiger partial charge in [-0.25, -0.2) is 0 Å². The van der Waals surface area contributed by atoms with E-state index in [0.717, 1.165) is 16.8 Å². The van der Waals surface area contributed by atoms with Crippen molar-refractivity contribution in [2.75, 3.05) is 18.5 Å². The Morgan fingerprint density at radius 1 is 1.00 bits per heavy atom. The lowest BCUT2D eigenvalue weighted by Gasteiger charge is -2.07. The molecule has 0 saturated carbocycles. The highest BCUT2D eigenvalue weighted by atomic mass is 16.3. The third-order valence-corrected chi connectivity index (χ3v) is 2.81. The number of para-hydroxylation sites is 1. The standard InChI is InChI=1S/C17H17NO2/c19-13-12-18-16-9-5-4-6-14(16)10-11-17(20)15-7-2-1-3-8-15/h1-9,17-20H,12-13H2. The van der Waals surface area contributed by atoms with E-state index < -0.39 is 6.10 Å². The number of hydrogen-bond acceptors (Lipinski definition) is 3. The van der Waals surface area contributed by atoms with Crippen LogP contribution in [-0.4, -0.2) is 23.4 Å². The fourth-order valence-electron chi connectivity index (χ4n) is 1.80. The average Bonchev–Trinajstić information content (AvgIpc) is 2.52. The summed E-state index contributed by atoms with van der Waals surface area (Å²) in [6.07, 6.45) is -0.804. The van der Waals surface area contributed by atoms with Crippen molar-refractivity contribution >= 4 is 5.69 Å². The zero-order valence-corrected chi connectivity index (χ0v) is 11.1. The van der Waals surface area contributed by atoms with Gasteiger partial charge in [0.25, 0.3) is 0 Å². The topological polar surface area (TPSA) is 52.5 Å². The Hall–Kier alpha value is -2.28. The van der Waals surface area contributed by atoms with Crippen LogP contribution in [0.2, 0.25) is 0 Å². The molecule has 20 heavy (non-hydrogen) atoms. The molecule has 0 aromatic heterocycles. The van der Waals surface area contributed by atoms with Crippen LogP contribution in [0, 0.1) is 11.8 Å². The fraction of sp³-hybridized carbons (Fsp3) is 0.176. The van der Waals surface area contributed by atoms with Gasteiger partial charge in [0, 0.05) is 17.8 Å². The van der Waals surface area contributed by atoms with Gasteiger partial charge in [0.1, 0.15) is 6.10 Å². The van der Waals surface area contributed by atoms with Gasteiger partial charge in [-0.1, -0.05) is 54.3 Å². The van der Waals surface area contributed by atoms with Gasteiger partial charge in [0.2, 0.25) is 0 Å². The van der Waals surface area contributed by atoms with Crippen LogP contribution in [-0.2, 0) is 0 Å². The van der Waals surface area contributed by atoms with Gasteiger partial charge in [-0.15, -0.1) is 0 Å². The van der Waals surface area contributed by atoms with E-state index >= 15 is 0 Å². The maximum absolute atomic E-state index is 10.0. The lowest BCUT2D eigenvalue weighted by atomic mass is 10.1. The Morgan fingerprint density at radius 3 is 2.45 bits per heavy atom. The van der Waals surface area contributed by atoms with Crippen molar-refractivity contribution < 1.29 is 10.2 Å². The fourth-order valence-corrected chi connectivity index (χ4v) is 1.80. The van der Waals surface area contributed by atoms with Crippen LogP contribution in [0.5, 0.6) is 0 Å². The minimum Gasteiger partial charge on any atom is -0.395 e. The molecule has 3 nitrogen and oxygen atoms in total. The van der Waals surface area contributed by atoms with Crippen LogP contribution >= 0.6 is 0 Å². The monoisotopic (exact) mass is 267 g/mol. The summed E-state index contributed by atoms with van der Waals surface area (Å²) >= 11 is 0. The maximum atomic E-state index is 10.0. The Morgan fingerprint density at radius 2 is 1.70 bits per heavy atom. The van der Waals surface area contributed by atoms with Gasteiger partial charge in [-0.3, -0.25) is 0 Å². The molecule has 0 saturated heterocycles. The van der Waals surface area contributed by atoms with E-state index in [0.29, 0.717) is 6.54 Å². The highest BCUT2D eigenvalue weighted by Gasteiger charge is 2.02. The van der Waals surface area contributed by atoms with Crippen molar-refractivity contribution in [3.63, 3.8) is 0 Å². The molecular formula is C17H17NO2. The first kappa shape index (κ1) is 14.1. The molecule has 1 atom stereocenters. The molecule has 0 fully saturated rings. The summed E-state index contributed by atoms with van der Waals surface area (Å²) in [7, 11) is 0. The molecule has 3 heteroatoms. The minimum absolute atomic E-state index is 0.0639. The second kappa shape index (κ2) is 7.34. The van der Waals surface area contributed by atoms with Crippen LogP contribution < -0.4 is 5.32 Å². The van der Waals surface area contributed by atoms with E-state index in [9.17, 15) is 5.11 Å². The largest absolute Gasteiger partial charge is 0.395 e. The quantitative estimate of drug-likeness (QED) is 0.744. The third kappa shape index (κ3) is 3.86. The summed E-state index contributed by atoms with van der Waals surface area (Å²) in [6, 6.07) is 16.9. The minimum atomic E-state index is -0.804. The van der Waals surface area contributed by atoms with Crippen LogP contribution in [0.3, 0.4) is 0 Å². The van der Waals surface area contributed by atoms with Gasteiger partial charge >= 0.3 is 0 Å². The second-order valence-electron chi connectivity index (χ2n) is 4.28. The molecule has 2 aromatic carbocycles. The van der Waals surface area contributed by atoms with Crippen LogP contribution in [0.25, 0.3) is 0 Å². The molecule has 2 rings (SSSR count). The first-order valence-electron chi connectivity index (χ1n) is 6.49. The number of rotatable bonds is 4. The summed E-state index contributed by atoms with van der Waals surface area (Å²) in [4.78, 5) is 0. The predicted molar refractivity (Wildman–Crippen MR) is 80.3 cm³/mol. The van der Waals surface area contributed by atoms with Gasteiger partial charge in [0.15, 0.2) is 0 Å². The molecular weight excluding hydrogens is 250 g/mol. The van der Waals surface area contributed by atoms with Crippen molar-refractivity contribution in [3.05, 3.63) is 65.7 Å². The van der Waals surface area contributed by atoms with Crippen LogP contribution in [0.1, 0.15) is 17.2 Å².